The summed E-state index contributed by atoms with van der Waals surface area (Å²) in [6.07, 6.45) is 2.09. The lowest BCUT2D eigenvalue weighted by Crippen LogP contribution is -2.41. The van der Waals surface area contributed by atoms with Gasteiger partial charge in [0.1, 0.15) is 0 Å². The summed E-state index contributed by atoms with van der Waals surface area (Å²) in [5, 5.41) is 0. The Morgan fingerprint density at radius 1 is 1.12 bits per heavy atom. The summed E-state index contributed by atoms with van der Waals surface area (Å²) in [4.78, 5) is 4.28. The molecule has 1 fully saturated rings. The van der Waals surface area contributed by atoms with Crippen molar-refractivity contribution >= 4 is 7.12 Å². The third-order valence-corrected chi connectivity index (χ3v) is 3.72. The molecule has 0 atom stereocenters. The van der Waals surface area contributed by atoms with Gasteiger partial charge in [-0.25, -0.2) is 0 Å². The first kappa shape index (κ1) is 11.8. The molecule has 0 bridgehead atoms. The predicted molar refractivity (Wildman–Crippen MR) is 64.6 cm³/mol. The molecule has 5 heteroatoms. The van der Waals surface area contributed by atoms with Crippen molar-refractivity contribution in [2.24, 2.45) is 0 Å². The average molecular weight is 224 g/mol. The Morgan fingerprint density at radius 2 is 1.62 bits per heavy atom. The number of rotatable bonds is 1. The summed E-state index contributed by atoms with van der Waals surface area (Å²) in [7, 11) is 3.86. The molecule has 0 unspecified atom stereocenters. The van der Waals surface area contributed by atoms with Crippen molar-refractivity contribution in [2.45, 2.75) is 38.9 Å². The fraction of sp³-hybridized carbons (Fsp3) is 0.818. The molecule has 2 aliphatic rings. The fourth-order valence-electron chi connectivity index (χ4n) is 1.99. The smallest absolute Gasteiger partial charge is 0.398 e. The van der Waals surface area contributed by atoms with Gasteiger partial charge in [-0.3, -0.25) is 0 Å². The molecule has 0 spiro atoms. The van der Waals surface area contributed by atoms with Crippen LogP contribution in [0.15, 0.2) is 11.8 Å². The van der Waals surface area contributed by atoms with Gasteiger partial charge in [-0.1, -0.05) is 0 Å². The molecule has 1 saturated heterocycles. The Labute approximate surface area is 98.3 Å². The fourth-order valence-corrected chi connectivity index (χ4v) is 1.99. The first-order valence-corrected chi connectivity index (χ1v) is 5.72. The highest BCUT2D eigenvalue weighted by atomic mass is 16.7. The van der Waals surface area contributed by atoms with E-state index in [9.17, 15) is 0 Å². The van der Waals surface area contributed by atoms with E-state index in [1.807, 2.05) is 0 Å². The van der Waals surface area contributed by atoms with E-state index < -0.39 is 0 Å². The van der Waals surface area contributed by atoms with Gasteiger partial charge in [-0.05, 0) is 27.7 Å². The molecule has 2 rings (SSSR count). The van der Waals surface area contributed by atoms with Gasteiger partial charge in [0.25, 0.3) is 0 Å². The van der Waals surface area contributed by atoms with Crippen LogP contribution in [0.25, 0.3) is 0 Å². The highest BCUT2D eigenvalue weighted by Gasteiger charge is 2.53. The molecule has 4 nitrogen and oxygen atoms in total. The van der Waals surface area contributed by atoms with E-state index in [0.29, 0.717) is 0 Å². The minimum absolute atomic E-state index is 0.250. The normalized spacial score (nSPS) is 27.6. The SMILES string of the molecule is CN1C=C(B2OC(C)(C)C(C)(C)O2)N(C)C1. The lowest BCUT2D eigenvalue weighted by atomic mass is 9.84. The molecule has 0 aromatic heterocycles. The average Bonchev–Trinajstić information content (AvgIpc) is 2.51. The Hall–Kier alpha value is -0.675. The highest BCUT2D eigenvalue weighted by molar-refractivity contribution is 6.54. The molecule has 0 radical (unpaired) electrons. The monoisotopic (exact) mass is 224 g/mol. The summed E-state index contributed by atoms with van der Waals surface area (Å²) in [5.41, 5.74) is 0.572. The maximum absolute atomic E-state index is 6.01. The van der Waals surface area contributed by atoms with E-state index in [1.165, 1.54) is 0 Å². The van der Waals surface area contributed by atoms with Crippen molar-refractivity contribution in [3.8, 4) is 0 Å². The summed E-state index contributed by atoms with van der Waals surface area (Å²) < 4.78 is 12.0. The van der Waals surface area contributed by atoms with Crippen LogP contribution in [0, 0.1) is 0 Å². The zero-order valence-electron chi connectivity index (χ0n) is 11.1. The van der Waals surface area contributed by atoms with Crippen molar-refractivity contribution in [1.29, 1.82) is 0 Å². The second kappa shape index (κ2) is 3.41. The Bertz CT molecular complexity index is 312. The zero-order chi connectivity index (χ0) is 12.1. The van der Waals surface area contributed by atoms with Crippen LogP contribution in [-0.4, -0.2) is 48.9 Å². The molecule has 2 aliphatic heterocycles. The maximum atomic E-state index is 6.01. The van der Waals surface area contributed by atoms with Crippen molar-refractivity contribution in [3.63, 3.8) is 0 Å². The molecule has 0 amide bonds. The van der Waals surface area contributed by atoms with Crippen LogP contribution < -0.4 is 0 Å². The standard InChI is InChI=1S/C11H21BN2O2/c1-10(2)11(3,4)16-12(15-10)9-7-13(5)8-14(9)6/h7H,8H2,1-6H3. The summed E-state index contributed by atoms with van der Waals surface area (Å²) in [6, 6.07) is 0. The largest absolute Gasteiger partial charge is 0.513 e. The van der Waals surface area contributed by atoms with E-state index >= 15 is 0 Å². The van der Waals surface area contributed by atoms with Crippen LogP contribution in [-0.2, 0) is 9.31 Å². The quantitative estimate of drug-likeness (QED) is 0.626. The van der Waals surface area contributed by atoms with E-state index in [0.717, 1.165) is 12.3 Å². The van der Waals surface area contributed by atoms with E-state index in [1.54, 1.807) is 0 Å². The van der Waals surface area contributed by atoms with Crippen LogP contribution in [0.1, 0.15) is 27.7 Å². The molecule has 0 aromatic carbocycles. The second-order valence-corrected chi connectivity index (χ2v) is 5.74. The van der Waals surface area contributed by atoms with Crippen molar-refractivity contribution < 1.29 is 9.31 Å². The van der Waals surface area contributed by atoms with Gasteiger partial charge in [0.2, 0.25) is 0 Å². The third kappa shape index (κ3) is 1.72. The van der Waals surface area contributed by atoms with Crippen molar-refractivity contribution in [1.82, 2.24) is 9.80 Å². The number of nitrogens with zero attached hydrogens (tertiary/aromatic N) is 2. The van der Waals surface area contributed by atoms with E-state index in [-0.39, 0.29) is 18.3 Å². The second-order valence-electron chi connectivity index (χ2n) is 5.74. The number of hydrogen-bond donors (Lipinski definition) is 0. The molecule has 0 aliphatic carbocycles. The van der Waals surface area contributed by atoms with Gasteiger partial charge in [0, 0.05) is 20.3 Å². The van der Waals surface area contributed by atoms with Crippen LogP contribution >= 0.6 is 0 Å². The van der Waals surface area contributed by atoms with Gasteiger partial charge in [-0.2, -0.15) is 0 Å². The summed E-state index contributed by atoms with van der Waals surface area (Å²) in [5.74, 6) is 0. The Kier molecular flexibility index (Phi) is 2.51. The molecule has 2 heterocycles. The molecular formula is C11H21BN2O2. The molecular weight excluding hydrogens is 203 g/mol. The molecule has 90 valence electrons. The lowest BCUT2D eigenvalue weighted by molar-refractivity contribution is 0.00578. The summed E-state index contributed by atoms with van der Waals surface area (Å²) in [6.45, 7) is 9.19. The van der Waals surface area contributed by atoms with Gasteiger partial charge >= 0.3 is 7.12 Å². The van der Waals surface area contributed by atoms with Gasteiger partial charge in [-0.15, -0.1) is 0 Å². The highest BCUT2D eigenvalue weighted by Crippen LogP contribution is 2.39. The van der Waals surface area contributed by atoms with Crippen molar-refractivity contribution in [2.75, 3.05) is 20.8 Å². The van der Waals surface area contributed by atoms with E-state index in [4.69, 9.17) is 9.31 Å². The van der Waals surface area contributed by atoms with Crippen LogP contribution in [0.2, 0.25) is 0 Å². The predicted octanol–water partition coefficient (Wildman–Crippen LogP) is 1.29. The van der Waals surface area contributed by atoms with Gasteiger partial charge in [0.05, 0.1) is 23.5 Å². The molecule has 0 aromatic rings. The zero-order valence-corrected chi connectivity index (χ0v) is 11.1. The molecule has 0 saturated carbocycles. The first-order valence-electron chi connectivity index (χ1n) is 5.72. The first-order chi connectivity index (χ1) is 7.23. The minimum atomic E-state index is -0.263. The topological polar surface area (TPSA) is 24.9 Å². The third-order valence-electron chi connectivity index (χ3n) is 3.72. The van der Waals surface area contributed by atoms with Gasteiger partial charge in [0.15, 0.2) is 0 Å². The van der Waals surface area contributed by atoms with Crippen molar-refractivity contribution in [3.05, 3.63) is 11.8 Å². The number of hydrogen-bond acceptors (Lipinski definition) is 4. The molecule has 16 heavy (non-hydrogen) atoms. The minimum Gasteiger partial charge on any atom is -0.398 e. The van der Waals surface area contributed by atoms with Crippen LogP contribution in [0.4, 0.5) is 0 Å². The van der Waals surface area contributed by atoms with E-state index in [2.05, 4.69) is 57.8 Å². The van der Waals surface area contributed by atoms with Crippen LogP contribution in [0.5, 0.6) is 0 Å². The molecule has 0 N–H and O–H groups in total. The Morgan fingerprint density at radius 3 is 2.00 bits per heavy atom. The van der Waals surface area contributed by atoms with Crippen LogP contribution in [0.3, 0.4) is 0 Å². The Balaban J connectivity index is 2.18. The van der Waals surface area contributed by atoms with Gasteiger partial charge < -0.3 is 19.1 Å². The lowest BCUT2D eigenvalue weighted by Gasteiger charge is -2.32. The summed E-state index contributed by atoms with van der Waals surface area (Å²) >= 11 is 0. The maximum Gasteiger partial charge on any atom is 0.513 e.